The average molecular weight is 320 g/mol. The van der Waals surface area contributed by atoms with Crippen LogP contribution in [0.3, 0.4) is 0 Å². The zero-order valence-corrected chi connectivity index (χ0v) is 11.4. The molecule has 0 saturated carbocycles. The maximum absolute atomic E-state index is 5.98. The van der Waals surface area contributed by atoms with Gasteiger partial charge >= 0.3 is 0 Å². The zero-order chi connectivity index (χ0) is 13.2. The molecule has 96 valence electrons. The first-order valence-electron chi connectivity index (χ1n) is 5.52. The van der Waals surface area contributed by atoms with Gasteiger partial charge in [0, 0.05) is 35.7 Å². The van der Waals surface area contributed by atoms with Gasteiger partial charge in [-0.15, -0.1) is 0 Å². The van der Waals surface area contributed by atoms with Crippen molar-refractivity contribution in [2.24, 2.45) is 0 Å². The summed E-state index contributed by atoms with van der Waals surface area (Å²) in [4.78, 5) is 8.72. The predicted octanol–water partition coefficient (Wildman–Crippen LogP) is 1.33. The van der Waals surface area contributed by atoms with Crippen LogP contribution in [0.4, 0.5) is 5.82 Å². The van der Waals surface area contributed by atoms with E-state index >= 15 is 0 Å². The Labute approximate surface area is 117 Å². The van der Waals surface area contributed by atoms with Crippen LogP contribution < -0.4 is 5.73 Å². The number of anilines is 1. The number of hydrogen-bond donors (Lipinski definition) is 1. The molecule has 0 bridgehead atoms. The van der Waals surface area contributed by atoms with Gasteiger partial charge < -0.3 is 5.73 Å². The standard InChI is InChI=1S/C11H10BrN7/c12-7-8-9(13)16-11(19-6-2-4-15-19)17-10(8)18-5-1-3-14-18/h1-6H,7H2,(H2,13,16,17). The Hall–Kier alpha value is -2.22. The Morgan fingerprint density at radius 2 is 1.74 bits per heavy atom. The van der Waals surface area contributed by atoms with Gasteiger partial charge in [-0.2, -0.15) is 20.2 Å². The first-order chi connectivity index (χ1) is 9.29. The van der Waals surface area contributed by atoms with Gasteiger partial charge in [-0.1, -0.05) is 15.9 Å². The lowest BCUT2D eigenvalue weighted by atomic mass is 10.3. The fourth-order valence-corrected chi connectivity index (χ4v) is 2.22. The molecule has 0 fully saturated rings. The van der Waals surface area contributed by atoms with Gasteiger partial charge in [-0.25, -0.2) is 9.36 Å². The lowest BCUT2D eigenvalue weighted by Crippen LogP contribution is -2.12. The summed E-state index contributed by atoms with van der Waals surface area (Å²) in [7, 11) is 0. The lowest BCUT2D eigenvalue weighted by Gasteiger charge is -2.10. The third-order valence-corrected chi connectivity index (χ3v) is 3.13. The fraction of sp³-hybridized carbons (Fsp3) is 0.0909. The van der Waals surface area contributed by atoms with E-state index < -0.39 is 0 Å². The van der Waals surface area contributed by atoms with Crippen LogP contribution in [0, 0.1) is 0 Å². The third-order valence-electron chi connectivity index (χ3n) is 2.57. The van der Waals surface area contributed by atoms with Crippen LogP contribution in [0.25, 0.3) is 11.8 Å². The van der Waals surface area contributed by atoms with E-state index in [1.807, 2.05) is 6.07 Å². The molecule has 0 saturated heterocycles. The summed E-state index contributed by atoms with van der Waals surface area (Å²) in [5.74, 6) is 1.46. The van der Waals surface area contributed by atoms with Crippen LogP contribution in [0.1, 0.15) is 5.56 Å². The van der Waals surface area contributed by atoms with E-state index in [9.17, 15) is 0 Å². The monoisotopic (exact) mass is 319 g/mol. The Balaban J connectivity index is 2.21. The molecular weight excluding hydrogens is 310 g/mol. The number of nitrogens with two attached hydrogens (primary N) is 1. The number of hydrogen-bond acceptors (Lipinski definition) is 5. The minimum atomic E-state index is 0.405. The first kappa shape index (κ1) is 11.8. The van der Waals surface area contributed by atoms with Gasteiger partial charge in [0.2, 0.25) is 0 Å². The van der Waals surface area contributed by atoms with Gasteiger partial charge in [0.15, 0.2) is 5.82 Å². The van der Waals surface area contributed by atoms with Crippen LogP contribution in [-0.4, -0.2) is 29.5 Å². The van der Waals surface area contributed by atoms with Crippen molar-refractivity contribution in [2.75, 3.05) is 5.73 Å². The molecular formula is C11H10BrN7. The second-order valence-electron chi connectivity index (χ2n) is 3.75. The van der Waals surface area contributed by atoms with E-state index in [0.29, 0.717) is 22.9 Å². The van der Waals surface area contributed by atoms with E-state index in [1.54, 1.807) is 40.2 Å². The van der Waals surface area contributed by atoms with Crippen molar-refractivity contribution in [1.29, 1.82) is 0 Å². The Morgan fingerprint density at radius 1 is 1.05 bits per heavy atom. The molecule has 8 heteroatoms. The molecule has 19 heavy (non-hydrogen) atoms. The summed E-state index contributed by atoms with van der Waals surface area (Å²) in [6.07, 6.45) is 6.91. The van der Waals surface area contributed by atoms with Crippen LogP contribution >= 0.6 is 15.9 Å². The number of halogens is 1. The topological polar surface area (TPSA) is 87.4 Å². The summed E-state index contributed by atoms with van der Waals surface area (Å²) in [6, 6.07) is 3.62. The molecule has 0 aliphatic heterocycles. The van der Waals surface area contributed by atoms with Crippen LogP contribution in [0.15, 0.2) is 36.9 Å². The summed E-state index contributed by atoms with van der Waals surface area (Å²) in [5, 5.41) is 8.83. The summed E-state index contributed by atoms with van der Waals surface area (Å²) in [6.45, 7) is 0. The lowest BCUT2D eigenvalue weighted by molar-refractivity contribution is 0.770. The molecule has 0 radical (unpaired) electrons. The highest BCUT2D eigenvalue weighted by atomic mass is 79.9. The Kier molecular flexibility index (Phi) is 3.00. The van der Waals surface area contributed by atoms with E-state index in [0.717, 1.165) is 5.56 Å². The van der Waals surface area contributed by atoms with Crippen molar-refractivity contribution in [2.45, 2.75) is 5.33 Å². The highest BCUT2D eigenvalue weighted by molar-refractivity contribution is 9.08. The second-order valence-corrected chi connectivity index (χ2v) is 4.31. The van der Waals surface area contributed by atoms with Gasteiger partial charge in [0.1, 0.15) is 5.82 Å². The van der Waals surface area contributed by atoms with Gasteiger partial charge in [-0.3, -0.25) is 0 Å². The first-order valence-corrected chi connectivity index (χ1v) is 6.64. The van der Waals surface area contributed by atoms with Gasteiger partial charge in [0.25, 0.3) is 5.95 Å². The molecule has 2 N–H and O–H groups in total. The smallest absolute Gasteiger partial charge is 0.254 e. The van der Waals surface area contributed by atoms with Crippen molar-refractivity contribution < 1.29 is 0 Å². The van der Waals surface area contributed by atoms with Gasteiger partial charge in [-0.05, 0) is 12.1 Å². The number of nitrogens with zero attached hydrogens (tertiary/aromatic N) is 6. The molecule has 3 rings (SSSR count). The zero-order valence-electron chi connectivity index (χ0n) is 9.81. The quantitative estimate of drug-likeness (QED) is 0.736. The minimum Gasteiger partial charge on any atom is -0.383 e. The third kappa shape index (κ3) is 2.10. The Bertz CT molecular complexity index is 675. The Morgan fingerprint density at radius 3 is 2.32 bits per heavy atom. The maximum Gasteiger partial charge on any atom is 0.254 e. The fourth-order valence-electron chi connectivity index (χ4n) is 1.68. The number of alkyl halides is 1. The molecule has 0 amide bonds. The summed E-state index contributed by atoms with van der Waals surface area (Å²) in [5.41, 5.74) is 6.77. The van der Waals surface area contributed by atoms with E-state index in [-0.39, 0.29) is 0 Å². The van der Waals surface area contributed by atoms with Crippen molar-refractivity contribution in [3.8, 4) is 11.8 Å². The molecule has 0 aromatic carbocycles. The number of aromatic nitrogens is 6. The molecule has 0 atom stereocenters. The van der Waals surface area contributed by atoms with E-state index in [2.05, 4.69) is 36.1 Å². The molecule has 3 aromatic rings. The van der Waals surface area contributed by atoms with Crippen molar-refractivity contribution >= 4 is 21.7 Å². The van der Waals surface area contributed by atoms with Crippen LogP contribution in [-0.2, 0) is 5.33 Å². The molecule has 0 unspecified atom stereocenters. The van der Waals surface area contributed by atoms with E-state index in [1.165, 1.54) is 0 Å². The minimum absolute atomic E-state index is 0.405. The SMILES string of the molecule is Nc1nc(-n2cccn2)nc(-n2cccn2)c1CBr. The van der Waals surface area contributed by atoms with Crippen molar-refractivity contribution in [3.05, 3.63) is 42.5 Å². The second kappa shape index (κ2) is 4.81. The summed E-state index contributed by atoms with van der Waals surface area (Å²) >= 11 is 3.39. The van der Waals surface area contributed by atoms with Crippen molar-refractivity contribution in [3.63, 3.8) is 0 Å². The predicted molar refractivity (Wildman–Crippen MR) is 73.3 cm³/mol. The molecule has 3 aromatic heterocycles. The largest absolute Gasteiger partial charge is 0.383 e. The molecule has 0 aliphatic rings. The van der Waals surface area contributed by atoms with Crippen LogP contribution in [0.5, 0.6) is 0 Å². The average Bonchev–Trinajstić information content (AvgIpc) is 3.11. The maximum atomic E-state index is 5.98. The molecule has 7 nitrogen and oxygen atoms in total. The normalized spacial score (nSPS) is 10.8. The molecule has 0 aliphatic carbocycles. The van der Waals surface area contributed by atoms with Crippen LogP contribution in [0.2, 0.25) is 0 Å². The highest BCUT2D eigenvalue weighted by Crippen LogP contribution is 2.21. The van der Waals surface area contributed by atoms with E-state index in [4.69, 9.17) is 5.73 Å². The highest BCUT2D eigenvalue weighted by Gasteiger charge is 2.14. The molecule has 0 spiro atoms. The van der Waals surface area contributed by atoms with Gasteiger partial charge in [0.05, 0.1) is 0 Å². The number of nitrogen functional groups attached to an aromatic ring is 1. The van der Waals surface area contributed by atoms with Crippen molar-refractivity contribution in [1.82, 2.24) is 29.5 Å². The molecule has 3 heterocycles. The summed E-state index contributed by atoms with van der Waals surface area (Å²) < 4.78 is 3.21. The number of rotatable bonds is 3.